The molecule has 0 aliphatic heterocycles. The van der Waals surface area contributed by atoms with Crippen LogP contribution in [0.25, 0.3) is 0 Å². The molecule has 0 saturated carbocycles. The highest BCUT2D eigenvalue weighted by Crippen LogP contribution is 2.12. The van der Waals surface area contributed by atoms with E-state index in [-0.39, 0.29) is 12.2 Å². The number of ether oxygens (including phenoxy) is 2. The first kappa shape index (κ1) is 15.1. The third kappa shape index (κ3) is 5.10. The molecule has 1 aromatic carbocycles. The molecule has 0 spiro atoms. The Kier molecular flexibility index (Phi) is 6.22. The van der Waals surface area contributed by atoms with Crippen LogP contribution < -0.4 is 5.46 Å². The zero-order valence-electron chi connectivity index (χ0n) is 10.4. The van der Waals surface area contributed by atoms with E-state index in [9.17, 15) is 12.9 Å². The second-order valence-electron chi connectivity index (χ2n) is 3.88. The van der Waals surface area contributed by atoms with Crippen molar-refractivity contribution in [1.82, 2.24) is 0 Å². The van der Waals surface area contributed by atoms with Gasteiger partial charge in [0.25, 0.3) is 0 Å². The van der Waals surface area contributed by atoms with Gasteiger partial charge in [0.1, 0.15) is 0 Å². The van der Waals surface area contributed by atoms with Gasteiger partial charge in [0, 0.05) is 19.8 Å². The lowest BCUT2D eigenvalue weighted by Gasteiger charge is -2.19. The van der Waals surface area contributed by atoms with E-state index in [1.807, 2.05) is 6.92 Å². The Morgan fingerprint density at radius 1 is 1.06 bits per heavy atom. The molecule has 0 aliphatic rings. The molecule has 0 bridgehead atoms. The van der Waals surface area contributed by atoms with Crippen LogP contribution in [0.15, 0.2) is 24.3 Å². The van der Waals surface area contributed by atoms with Gasteiger partial charge in [0.2, 0.25) is 0 Å². The fourth-order valence-corrected chi connectivity index (χ4v) is 1.57. The molecule has 0 heterocycles. The number of hydrogen-bond acceptors (Lipinski definition) is 2. The van der Waals surface area contributed by atoms with Crippen molar-refractivity contribution < 1.29 is 22.4 Å². The fourth-order valence-electron chi connectivity index (χ4n) is 1.57. The Labute approximate surface area is 105 Å². The Hall–Kier alpha value is -1.01. The van der Waals surface area contributed by atoms with Crippen LogP contribution in [0.3, 0.4) is 0 Å². The zero-order valence-corrected chi connectivity index (χ0v) is 10.4. The summed E-state index contributed by atoms with van der Waals surface area (Å²) >= 11 is 0. The predicted octanol–water partition coefficient (Wildman–Crippen LogP) is 2.68. The molecule has 1 rings (SSSR count). The summed E-state index contributed by atoms with van der Waals surface area (Å²) in [7, 11) is 0. The summed E-state index contributed by atoms with van der Waals surface area (Å²) in [6, 6.07) is 5.53. The van der Waals surface area contributed by atoms with E-state index >= 15 is 0 Å². The van der Waals surface area contributed by atoms with Gasteiger partial charge in [-0.25, -0.2) is 0 Å². The Bertz CT molecular complexity index is 355. The normalized spacial score (nSPS) is 11.8. The van der Waals surface area contributed by atoms with Crippen LogP contribution >= 0.6 is 0 Å². The van der Waals surface area contributed by atoms with Crippen LogP contribution in [0.4, 0.5) is 12.9 Å². The summed E-state index contributed by atoms with van der Waals surface area (Å²) in [5.74, 6) is 0. The molecule has 0 atom stereocenters. The van der Waals surface area contributed by atoms with E-state index in [0.717, 1.165) is 6.07 Å². The largest absolute Gasteiger partial charge is 0.509 e. The SMILES string of the molecule is CCOCCCOCc1ccccc1[B-](F)(F)F. The summed E-state index contributed by atoms with van der Waals surface area (Å²) in [6.45, 7) is -1.48. The molecule has 6 heteroatoms. The molecule has 0 saturated heterocycles. The van der Waals surface area contributed by atoms with E-state index in [1.54, 1.807) is 6.07 Å². The Morgan fingerprint density at radius 3 is 2.39 bits per heavy atom. The van der Waals surface area contributed by atoms with Crippen LogP contribution in [-0.2, 0) is 16.1 Å². The minimum Gasteiger partial charge on any atom is -0.445 e. The van der Waals surface area contributed by atoms with Gasteiger partial charge in [-0.3, -0.25) is 0 Å². The molecular weight excluding hydrogens is 244 g/mol. The predicted molar refractivity (Wildman–Crippen MR) is 65.9 cm³/mol. The lowest BCUT2D eigenvalue weighted by atomic mass is 9.77. The van der Waals surface area contributed by atoms with Crippen molar-refractivity contribution in [2.45, 2.75) is 20.0 Å². The molecule has 102 valence electrons. The van der Waals surface area contributed by atoms with Crippen molar-refractivity contribution in [3.8, 4) is 0 Å². The molecular formula is C12H17BF3O2-. The first-order chi connectivity index (χ1) is 8.55. The molecule has 0 aliphatic carbocycles. The minimum absolute atomic E-state index is 0.0104. The summed E-state index contributed by atoms with van der Waals surface area (Å²) in [4.78, 5) is 0. The quantitative estimate of drug-likeness (QED) is 0.529. The van der Waals surface area contributed by atoms with E-state index in [4.69, 9.17) is 9.47 Å². The molecule has 1 aromatic rings. The number of rotatable bonds is 8. The van der Waals surface area contributed by atoms with Gasteiger partial charge >= 0.3 is 6.98 Å². The molecule has 0 amide bonds. The van der Waals surface area contributed by atoms with Crippen LogP contribution in [0.2, 0.25) is 0 Å². The molecule has 0 N–H and O–H groups in total. The number of benzene rings is 1. The maximum atomic E-state index is 12.7. The van der Waals surface area contributed by atoms with E-state index in [1.165, 1.54) is 12.1 Å². The van der Waals surface area contributed by atoms with Crippen LogP contribution in [0.1, 0.15) is 18.9 Å². The lowest BCUT2D eigenvalue weighted by Crippen LogP contribution is -2.37. The maximum Gasteiger partial charge on any atom is 0.509 e. The lowest BCUT2D eigenvalue weighted by molar-refractivity contribution is 0.0804. The summed E-state index contributed by atoms with van der Waals surface area (Å²) in [6.07, 6.45) is 0.688. The first-order valence-electron chi connectivity index (χ1n) is 5.99. The molecule has 0 aromatic heterocycles. The summed E-state index contributed by atoms with van der Waals surface area (Å²) in [5, 5.41) is 0. The van der Waals surface area contributed by atoms with E-state index < -0.39 is 12.4 Å². The summed E-state index contributed by atoms with van der Waals surface area (Å²) in [5.41, 5.74) is -0.372. The Morgan fingerprint density at radius 2 is 1.72 bits per heavy atom. The van der Waals surface area contributed by atoms with Crippen LogP contribution in [-0.4, -0.2) is 26.8 Å². The molecule has 0 radical (unpaired) electrons. The van der Waals surface area contributed by atoms with Gasteiger partial charge in [-0.1, -0.05) is 24.3 Å². The second kappa shape index (κ2) is 7.43. The number of halogens is 3. The van der Waals surface area contributed by atoms with Crippen molar-refractivity contribution in [3.63, 3.8) is 0 Å². The average Bonchev–Trinajstić information content (AvgIpc) is 2.33. The first-order valence-corrected chi connectivity index (χ1v) is 5.99. The smallest absolute Gasteiger partial charge is 0.445 e. The topological polar surface area (TPSA) is 18.5 Å². The maximum absolute atomic E-state index is 12.7. The van der Waals surface area contributed by atoms with Gasteiger partial charge in [-0.15, -0.1) is 5.46 Å². The third-order valence-electron chi connectivity index (χ3n) is 2.45. The van der Waals surface area contributed by atoms with Crippen molar-refractivity contribution in [1.29, 1.82) is 0 Å². The van der Waals surface area contributed by atoms with Gasteiger partial charge < -0.3 is 22.4 Å². The third-order valence-corrected chi connectivity index (χ3v) is 2.45. The molecule has 0 fully saturated rings. The van der Waals surface area contributed by atoms with Crippen LogP contribution in [0, 0.1) is 0 Å². The van der Waals surface area contributed by atoms with E-state index in [0.29, 0.717) is 26.2 Å². The second-order valence-corrected chi connectivity index (χ2v) is 3.88. The van der Waals surface area contributed by atoms with Crippen molar-refractivity contribution in [2.75, 3.05) is 19.8 Å². The average molecular weight is 261 g/mol. The van der Waals surface area contributed by atoms with Crippen molar-refractivity contribution in [3.05, 3.63) is 29.8 Å². The molecule has 2 nitrogen and oxygen atoms in total. The van der Waals surface area contributed by atoms with Crippen LogP contribution in [0.5, 0.6) is 0 Å². The van der Waals surface area contributed by atoms with Gasteiger partial charge in [-0.2, -0.15) is 0 Å². The molecule has 18 heavy (non-hydrogen) atoms. The van der Waals surface area contributed by atoms with Gasteiger partial charge in [0.15, 0.2) is 0 Å². The minimum atomic E-state index is -4.97. The van der Waals surface area contributed by atoms with Gasteiger partial charge in [0.05, 0.1) is 6.61 Å². The number of hydrogen-bond donors (Lipinski definition) is 0. The highest BCUT2D eigenvalue weighted by Gasteiger charge is 2.27. The van der Waals surface area contributed by atoms with Crippen molar-refractivity contribution >= 4 is 12.4 Å². The fraction of sp³-hybridized carbons (Fsp3) is 0.500. The zero-order chi connectivity index (χ0) is 13.4. The standard InChI is InChI=1S/C12H17BF3O2/c1-2-17-8-5-9-18-10-11-6-3-4-7-12(11)13(14,15)16/h3-4,6-7H,2,5,8-10H2,1H3/q-1. The van der Waals surface area contributed by atoms with Crippen molar-refractivity contribution in [2.24, 2.45) is 0 Å². The molecule has 0 unspecified atom stereocenters. The Balaban J connectivity index is 2.43. The monoisotopic (exact) mass is 261 g/mol. The van der Waals surface area contributed by atoms with Gasteiger partial charge in [-0.05, 0) is 18.9 Å². The summed E-state index contributed by atoms with van der Waals surface area (Å²) < 4.78 is 48.5. The highest BCUT2D eigenvalue weighted by atomic mass is 19.4. The van der Waals surface area contributed by atoms with E-state index in [2.05, 4.69) is 0 Å². The highest BCUT2D eigenvalue weighted by molar-refractivity contribution is 6.74.